The first-order chi connectivity index (χ1) is 22.1. The number of anilines is 1. The lowest BCUT2D eigenvalue weighted by molar-refractivity contribution is -0.126. The Morgan fingerprint density at radius 3 is 2.87 bits per heavy atom. The van der Waals surface area contributed by atoms with Gasteiger partial charge in [-0.3, -0.25) is 14.7 Å². The zero-order chi connectivity index (χ0) is 32.3. The first-order valence-electron chi connectivity index (χ1n) is 15.5. The maximum Gasteiger partial charge on any atom is 0.319 e. The number of carbonyl (C=O) groups excluding carboxylic acids is 1. The van der Waals surface area contributed by atoms with E-state index in [-0.39, 0.29) is 46.8 Å². The second kappa shape index (κ2) is 11.7. The average Bonchev–Trinajstić information content (AvgIpc) is 3.72. The summed E-state index contributed by atoms with van der Waals surface area (Å²) < 4.78 is 52.0. The molecular formula is C34H34ClF3N6O2. The Morgan fingerprint density at radius 2 is 2.07 bits per heavy atom. The number of likely N-dealkylation sites (tertiary alicyclic amines) is 1. The molecule has 0 bridgehead atoms. The predicted molar refractivity (Wildman–Crippen MR) is 172 cm³/mol. The molecule has 0 aliphatic carbocycles. The van der Waals surface area contributed by atoms with E-state index in [1.165, 1.54) is 18.3 Å². The van der Waals surface area contributed by atoms with E-state index >= 15 is 4.39 Å². The van der Waals surface area contributed by atoms with Gasteiger partial charge in [0.2, 0.25) is 5.91 Å². The molecule has 0 N–H and O–H groups in total. The van der Waals surface area contributed by atoms with E-state index in [1.807, 2.05) is 18.9 Å². The highest BCUT2D eigenvalue weighted by Crippen LogP contribution is 2.42. The number of nitrogens with zero attached hydrogens (tertiary/aromatic N) is 6. The van der Waals surface area contributed by atoms with E-state index in [9.17, 15) is 13.6 Å². The van der Waals surface area contributed by atoms with Gasteiger partial charge in [-0.2, -0.15) is 9.97 Å². The van der Waals surface area contributed by atoms with Crippen molar-refractivity contribution in [1.29, 1.82) is 0 Å². The van der Waals surface area contributed by atoms with Gasteiger partial charge in [-0.15, -0.1) is 0 Å². The lowest BCUT2D eigenvalue weighted by atomic mass is 9.95. The number of alkyl halides is 1. The van der Waals surface area contributed by atoms with Crippen LogP contribution in [0.1, 0.15) is 32.6 Å². The van der Waals surface area contributed by atoms with Crippen molar-refractivity contribution in [3.8, 4) is 17.3 Å². The number of aromatic nitrogens is 3. The normalized spacial score (nSPS) is 24.6. The zero-order valence-corrected chi connectivity index (χ0v) is 26.4. The van der Waals surface area contributed by atoms with Crippen LogP contribution in [0.15, 0.2) is 49.2 Å². The van der Waals surface area contributed by atoms with Gasteiger partial charge in [0.25, 0.3) is 0 Å². The molecule has 3 fully saturated rings. The third-order valence-electron chi connectivity index (χ3n) is 10.1. The lowest BCUT2D eigenvalue weighted by Crippen LogP contribution is -2.44. The number of likely N-dealkylation sites (N-methyl/N-ethyl adjacent to an activating group) is 1. The van der Waals surface area contributed by atoms with Gasteiger partial charge in [0.1, 0.15) is 35.6 Å². The van der Waals surface area contributed by atoms with Crippen LogP contribution in [0, 0.1) is 11.6 Å². The number of benzene rings is 2. The summed E-state index contributed by atoms with van der Waals surface area (Å²) in [5.41, 5.74) is -0.207. The maximum atomic E-state index is 16.7. The molecule has 3 saturated heterocycles. The molecule has 3 aliphatic heterocycles. The Bertz CT molecular complexity index is 1880. The third-order valence-corrected chi connectivity index (χ3v) is 10.4. The quantitative estimate of drug-likeness (QED) is 0.216. The standard InChI is InChI=1S/C34H34ClF3N6O2/c1-4-26(45)44-14-11-25(19(44)2)42(3)32-23-16-39-30(22-8-5-7-20-9-10-24(37)28(35)27(20)22)29(38)31(23)40-33(41-32)46-18-34-12-6-13-43(34)17-21(36)15-34/h4-5,7-10,16,19,21,25H,1,6,11-15,17-18H2,2-3H3/t19-,21+,25-,34-/m0/s1. The predicted octanol–water partition coefficient (Wildman–Crippen LogP) is 6.34. The molecule has 4 aromatic rings. The SMILES string of the molecule is C=CC(=O)N1CC[C@H](N(C)c2nc(OC[C@@]34CCCN3C[C@H](F)C4)nc3c(F)c(-c4cccc5ccc(F)c(Cl)c45)ncc23)[C@@H]1C. The maximum absolute atomic E-state index is 16.7. The summed E-state index contributed by atoms with van der Waals surface area (Å²) in [6, 6.07) is 7.62. The lowest BCUT2D eigenvalue weighted by Gasteiger charge is -2.32. The number of fused-ring (bicyclic) bond motifs is 3. The molecular weight excluding hydrogens is 617 g/mol. The molecule has 0 saturated carbocycles. The molecule has 0 unspecified atom stereocenters. The highest BCUT2D eigenvalue weighted by molar-refractivity contribution is 6.36. The monoisotopic (exact) mass is 650 g/mol. The van der Waals surface area contributed by atoms with Crippen LogP contribution in [0.25, 0.3) is 32.9 Å². The van der Waals surface area contributed by atoms with Crippen molar-refractivity contribution < 1.29 is 22.7 Å². The Hall–Kier alpha value is -3.96. The minimum absolute atomic E-state index is 0.0263. The molecule has 0 radical (unpaired) electrons. The van der Waals surface area contributed by atoms with Gasteiger partial charge >= 0.3 is 6.01 Å². The minimum atomic E-state index is -0.934. The molecule has 0 spiro atoms. The molecule has 7 rings (SSSR count). The van der Waals surface area contributed by atoms with E-state index in [1.54, 1.807) is 29.2 Å². The summed E-state index contributed by atoms with van der Waals surface area (Å²) in [5.74, 6) is -1.13. The molecule has 240 valence electrons. The van der Waals surface area contributed by atoms with Gasteiger partial charge in [0, 0.05) is 49.7 Å². The van der Waals surface area contributed by atoms with Crippen LogP contribution in [-0.2, 0) is 4.79 Å². The molecule has 12 heteroatoms. The summed E-state index contributed by atoms with van der Waals surface area (Å²) in [4.78, 5) is 32.1. The summed E-state index contributed by atoms with van der Waals surface area (Å²) >= 11 is 6.39. The Labute approximate surface area is 269 Å². The molecule has 3 aliphatic rings. The first kappa shape index (κ1) is 30.7. The number of ether oxygens (including phenoxy) is 1. The van der Waals surface area contributed by atoms with Gasteiger partial charge in [-0.1, -0.05) is 42.4 Å². The Morgan fingerprint density at radius 1 is 1.24 bits per heavy atom. The van der Waals surface area contributed by atoms with E-state index in [0.717, 1.165) is 19.4 Å². The number of rotatable bonds is 7. The summed E-state index contributed by atoms with van der Waals surface area (Å²) in [5, 5.41) is 1.19. The van der Waals surface area contributed by atoms with Crippen LogP contribution >= 0.6 is 11.6 Å². The first-order valence-corrected chi connectivity index (χ1v) is 15.9. The fourth-order valence-electron chi connectivity index (χ4n) is 7.72. The molecule has 2 aromatic carbocycles. The number of carbonyl (C=O) groups is 1. The van der Waals surface area contributed by atoms with Crippen molar-refractivity contribution in [3.63, 3.8) is 0 Å². The van der Waals surface area contributed by atoms with Gasteiger partial charge in [0.15, 0.2) is 5.82 Å². The number of hydrogen-bond acceptors (Lipinski definition) is 7. The van der Waals surface area contributed by atoms with Crippen LogP contribution in [0.4, 0.5) is 19.0 Å². The number of pyridine rings is 1. The molecule has 5 heterocycles. The van der Waals surface area contributed by atoms with Crippen molar-refractivity contribution in [2.45, 2.75) is 56.4 Å². The van der Waals surface area contributed by atoms with Crippen LogP contribution in [0.2, 0.25) is 5.02 Å². The van der Waals surface area contributed by atoms with Crippen LogP contribution in [0.3, 0.4) is 0 Å². The molecule has 8 nitrogen and oxygen atoms in total. The van der Waals surface area contributed by atoms with E-state index in [0.29, 0.717) is 53.5 Å². The highest BCUT2D eigenvalue weighted by Gasteiger charge is 2.49. The van der Waals surface area contributed by atoms with Crippen LogP contribution < -0.4 is 9.64 Å². The smallest absolute Gasteiger partial charge is 0.319 e. The number of amides is 1. The molecule has 1 amide bonds. The molecule has 4 atom stereocenters. The van der Waals surface area contributed by atoms with Gasteiger partial charge in [-0.25, -0.2) is 13.2 Å². The van der Waals surface area contributed by atoms with Crippen molar-refractivity contribution in [1.82, 2.24) is 24.8 Å². The van der Waals surface area contributed by atoms with Crippen LogP contribution in [0.5, 0.6) is 6.01 Å². The highest BCUT2D eigenvalue weighted by atomic mass is 35.5. The Kier molecular flexibility index (Phi) is 7.79. The summed E-state index contributed by atoms with van der Waals surface area (Å²) in [6.07, 6.45) is 4.62. The van der Waals surface area contributed by atoms with Crippen molar-refractivity contribution in [2.24, 2.45) is 0 Å². The summed E-state index contributed by atoms with van der Waals surface area (Å²) in [7, 11) is 1.84. The molecule has 46 heavy (non-hydrogen) atoms. The van der Waals surface area contributed by atoms with E-state index in [4.69, 9.17) is 21.3 Å². The van der Waals surface area contributed by atoms with E-state index < -0.39 is 23.3 Å². The van der Waals surface area contributed by atoms with Crippen molar-refractivity contribution >= 4 is 45.0 Å². The third kappa shape index (κ3) is 4.95. The fraction of sp³-hybridized carbons (Fsp3) is 0.412. The Balaban J connectivity index is 1.34. The second-order valence-corrected chi connectivity index (χ2v) is 13.0. The molecule has 2 aromatic heterocycles. The number of halogens is 4. The van der Waals surface area contributed by atoms with Crippen molar-refractivity contribution in [3.05, 3.63) is 65.8 Å². The van der Waals surface area contributed by atoms with Crippen LogP contribution in [-0.4, -0.2) is 87.7 Å². The largest absolute Gasteiger partial charge is 0.461 e. The summed E-state index contributed by atoms with van der Waals surface area (Å²) in [6.45, 7) is 7.45. The van der Waals surface area contributed by atoms with Gasteiger partial charge in [-0.05, 0) is 50.3 Å². The second-order valence-electron chi connectivity index (χ2n) is 12.6. The number of hydrogen-bond donors (Lipinski definition) is 0. The van der Waals surface area contributed by atoms with Gasteiger partial charge in [0.05, 0.1) is 22.0 Å². The van der Waals surface area contributed by atoms with Crippen molar-refractivity contribution in [2.75, 3.05) is 38.2 Å². The topological polar surface area (TPSA) is 74.7 Å². The minimum Gasteiger partial charge on any atom is -0.461 e. The zero-order valence-electron chi connectivity index (χ0n) is 25.6. The van der Waals surface area contributed by atoms with E-state index in [2.05, 4.69) is 21.4 Å². The fourth-order valence-corrected chi connectivity index (χ4v) is 8.00. The van der Waals surface area contributed by atoms with Gasteiger partial charge < -0.3 is 14.5 Å². The average molecular weight is 651 g/mol.